The van der Waals surface area contributed by atoms with E-state index in [9.17, 15) is 9.59 Å². The van der Waals surface area contributed by atoms with Crippen molar-refractivity contribution < 1.29 is 4.79 Å². The van der Waals surface area contributed by atoms with Gasteiger partial charge in [0.1, 0.15) is 5.49 Å². The molecule has 3 aromatic rings. The maximum atomic E-state index is 13.3. The summed E-state index contributed by atoms with van der Waals surface area (Å²) in [6, 6.07) is 12.4. The molecule has 3 rings (SSSR count). The van der Waals surface area contributed by atoms with E-state index in [1.807, 2.05) is 33.8 Å². The fourth-order valence-electron chi connectivity index (χ4n) is 2.80. The summed E-state index contributed by atoms with van der Waals surface area (Å²) in [4.78, 5) is 30.4. The standard InChI is InChI=1S/C20H22N4O2/c1-13(2)21-17-11-7-8-12-23(17)20(26)18-15-9-5-6-10-16(15)19(25)24(22-18)14(3)4/h5-14H,1-4H3. The third-order valence-corrected chi connectivity index (χ3v) is 3.97. The minimum atomic E-state index is -0.310. The Morgan fingerprint density at radius 1 is 1.00 bits per heavy atom. The normalized spacial score (nSPS) is 12.3. The van der Waals surface area contributed by atoms with Crippen molar-refractivity contribution in [2.45, 2.75) is 39.8 Å². The van der Waals surface area contributed by atoms with Crippen LogP contribution in [0.15, 0.2) is 58.4 Å². The predicted molar refractivity (Wildman–Crippen MR) is 101 cm³/mol. The zero-order chi connectivity index (χ0) is 18.8. The second-order valence-electron chi connectivity index (χ2n) is 6.69. The number of hydrogen-bond acceptors (Lipinski definition) is 4. The lowest BCUT2D eigenvalue weighted by Crippen LogP contribution is -2.32. The van der Waals surface area contributed by atoms with E-state index in [1.165, 1.54) is 9.25 Å². The maximum Gasteiger partial charge on any atom is 0.284 e. The molecule has 26 heavy (non-hydrogen) atoms. The molecule has 0 aliphatic rings. The van der Waals surface area contributed by atoms with Crippen molar-refractivity contribution >= 4 is 16.7 Å². The minimum absolute atomic E-state index is 0.0470. The molecule has 0 saturated carbocycles. The van der Waals surface area contributed by atoms with Crippen LogP contribution >= 0.6 is 0 Å². The number of nitrogens with zero attached hydrogens (tertiary/aromatic N) is 4. The average molecular weight is 350 g/mol. The van der Waals surface area contributed by atoms with E-state index >= 15 is 0 Å². The molecule has 0 bridgehead atoms. The van der Waals surface area contributed by atoms with E-state index in [-0.39, 0.29) is 29.2 Å². The van der Waals surface area contributed by atoms with E-state index < -0.39 is 0 Å². The highest BCUT2D eigenvalue weighted by atomic mass is 16.2. The first-order chi connectivity index (χ1) is 12.4. The van der Waals surface area contributed by atoms with Gasteiger partial charge in [0.2, 0.25) is 0 Å². The molecule has 0 fully saturated rings. The van der Waals surface area contributed by atoms with Crippen LogP contribution in [0.5, 0.6) is 0 Å². The number of benzene rings is 1. The van der Waals surface area contributed by atoms with Crippen LogP contribution in [0.4, 0.5) is 0 Å². The second-order valence-corrected chi connectivity index (χ2v) is 6.69. The van der Waals surface area contributed by atoms with Crippen LogP contribution in [0.25, 0.3) is 10.8 Å². The molecule has 6 heteroatoms. The average Bonchev–Trinajstić information content (AvgIpc) is 2.61. The van der Waals surface area contributed by atoms with E-state index in [1.54, 1.807) is 42.6 Å². The van der Waals surface area contributed by atoms with E-state index in [0.717, 1.165) is 0 Å². The topological polar surface area (TPSA) is 69.2 Å². The monoisotopic (exact) mass is 350 g/mol. The van der Waals surface area contributed by atoms with Crippen molar-refractivity contribution in [2.24, 2.45) is 4.99 Å². The maximum absolute atomic E-state index is 13.3. The summed E-state index contributed by atoms with van der Waals surface area (Å²) in [6.45, 7) is 7.64. The van der Waals surface area contributed by atoms with Crippen molar-refractivity contribution in [3.05, 3.63) is 70.2 Å². The van der Waals surface area contributed by atoms with Gasteiger partial charge in [-0.3, -0.25) is 19.1 Å². The van der Waals surface area contributed by atoms with Gasteiger partial charge in [0.15, 0.2) is 5.69 Å². The molecule has 0 unspecified atom stereocenters. The summed E-state index contributed by atoms with van der Waals surface area (Å²) in [5.74, 6) is -0.310. The van der Waals surface area contributed by atoms with Gasteiger partial charge in [-0.05, 0) is 45.9 Å². The van der Waals surface area contributed by atoms with Gasteiger partial charge in [-0.2, -0.15) is 5.10 Å². The molecule has 2 aromatic heterocycles. The summed E-state index contributed by atoms with van der Waals surface area (Å²) in [5, 5.41) is 5.42. The van der Waals surface area contributed by atoms with Crippen molar-refractivity contribution in [1.82, 2.24) is 14.3 Å². The van der Waals surface area contributed by atoms with Crippen LogP contribution in [0, 0.1) is 0 Å². The first-order valence-corrected chi connectivity index (χ1v) is 8.68. The van der Waals surface area contributed by atoms with Gasteiger partial charge < -0.3 is 0 Å². The van der Waals surface area contributed by atoms with Crippen LogP contribution in [0.1, 0.15) is 44.2 Å². The Morgan fingerprint density at radius 3 is 2.31 bits per heavy atom. The summed E-state index contributed by atoms with van der Waals surface area (Å²) >= 11 is 0. The molecule has 2 heterocycles. The predicted octanol–water partition coefficient (Wildman–Crippen LogP) is 2.78. The molecule has 1 aromatic carbocycles. The summed E-state index contributed by atoms with van der Waals surface area (Å²) in [5.41, 5.74) is 0.600. The molecule has 0 aliphatic carbocycles. The number of rotatable bonds is 3. The van der Waals surface area contributed by atoms with Crippen LogP contribution in [0.3, 0.4) is 0 Å². The number of aromatic nitrogens is 3. The highest BCUT2D eigenvalue weighted by Gasteiger charge is 2.19. The molecule has 0 radical (unpaired) electrons. The van der Waals surface area contributed by atoms with Gasteiger partial charge in [0, 0.05) is 17.6 Å². The van der Waals surface area contributed by atoms with E-state index in [0.29, 0.717) is 16.3 Å². The molecule has 0 spiro atoms. The SMILES string of the molecule is CC(C)N=c1ccccn1C(=O)c1nn(C(C)C)c(=O)c2ccccc12. The Kier molecular flexibility index (Phi) is 4.84. The highest BCUT2D eigenvalue weighted by molar-refractivity contribution is 6.05. The number of carbonyl (C=O) groups is 1. The molecule has 0 saturated heterocycles. The zero-order valence-corrected chi connectivity index (χ0v) is 15.4. The molecule has 6 nitrogen and oxygen atoms in total. The first-order valence-electron chi connectivity index (χ1n) is 8.68. The fraction of sp³-hybridized carbons (Fsp3) is 0.300. The van der Waals surface area contributed by atoms with Crippen LogP contribution in [-0.4, -0.2) is 26.3 Å². The van der Waals surface area contributed by atoms with Crippen molar-refractivity contribution in [1.29, 1.82) is 0 Å². The Balaban J connectivity index is 2.32. The number of fused-ring (bicyclic) bond motifs is 1. The van der Waals surface area contributed by atoms with Crippen molar-refractivity contribution in [3.8, 4) is 0 Å². The number of hydrogen-bond donors (Lipinski definition) is 0. The molecule has 0 N–H and O–H groups in total. The van der Waals surface area contributed by atoms with E-state index in [2.05, 4.69) is 10.1 Å². The van der Waals surface area contributed by atoms with Gasteiger partial charge in [-0.15, -0.1) is 0 Å². The van der Waals surface area contributed by atoms with Crippen LogP contribution in [0.2, 0.25) is 0 Å². The summed E-state index contributed by atoms with van der Waals surface area (Å²) in [7, 11) is 0. The Labute approximate surface area is 151 Å². The molecule has 0 amide bonds. The van der Waals surface area contributed by atoms with Gasteiger partial charge in [0.25, 0.3) is 11.5 Å². The fourth-order valence-corrected chi connectivity index (χ4v) is 2.80. The smallest absolute Gasteiger partial charge is 0.267 e. The lowest BCUT2D eigenvalue weighted by Gasteiger charge is -2.14. The highest BCUT2D eigenvalue weighted by Crippen LogP contribution is 2.15. The zero-order valence-electron chi connectivity index (χ0n) is 15.4. The molecule has 134 valence electrons. The van der Waals surface area contributed by atoms with Gasteiger partial charge in [0.05, 0.1) is 11.4 Å². The molecule has 0 aliphatic heterocycles. The van der Waals surface area contributed by atoms with Crippen LogP contribution in [-0.2, 0) is 0 Å². The van der Waals surface area contributed by atoms with Gasteiger partial charge in [-0.25, -0.2) is 4.68 Å². The van der Waals surface area contributed by atoms with Crippen molar-refractivity contribution in [2.75, 3.05) is 0 Å². The Hall–Kier alpha value is -3.02. The third kappa shape index (κ3) is 3.22. The second kappa shape index (κ2) is 7.07. The first kappa shape index (κ1) is 17.8. The summed E-state index contributed by atoms with van der Waals surface area (Å²) in [6.07, 6.45) is 1.67. The number of carbonyl (C=O) groups excluding carboxylic acids is 1. The third-order valence-electron chi connectivity index (χ3n) is 3.97. The Bertz CT molecular complexity index is 1090. The molecular formula is C20H22N4O2. The lowest BCUT2D eigenvalue weighted by atomic mass is 10.1. The minimum Gasteiger partial charge on any atom is -0.267 e. The van der Waals surface area contributed by atoms with Gasteiger partial charge >= 0.3 is 0 Å². The van der Waals surface area contributed by atoms with E-state index in [4.69, 9.17) is 0 Å². The quantitative estimate of drug-likeness (QED) is 0.729. The van der Waals surface area contributed by atoms with Crippen molar-refractivity contribution in [3.63, 3.8) is 0 Å². The summed E-state index contributed by atoms with van der Waals surface area (Å²) < 4.78 is 2.84. The van der Waals surface area contributed by atoms with Crippen LogP contribution < -0.4 is 11.0 Å². The van der Waals surface area contributed by atoms with Gasteiger partial charge in [-0.1, -0.05) is 24.3 Å². The largest absolute Gasteiger partial charge is 0.284 e. The molecular weight excluding hydrogens is 328 g/mol. The Morgan fingerprint density at radius 2 is 1.65 bits per heavy atom. The lowest BCUT2D eigenvalue weighted by molar-refractivity contribution is 0.0949. The molecule has 0 atom stereocenters. The number of pyridine rings is 1.